The molecule has 0 amide bonds. The molecule has 3 nitrogen and oxygen atoms in total. The van der Waals surface area contributed by atoms with E-state index in [4.69, 9.17) is 4.98 Å². The number of aromatic nitrogens is 1. The van der Waals surface area contributed by atoms with Crippen molar-refractivity contribution in [3.8, 4) is 0 Å². The van der Waals surface area contributed by atoms with Gasteiger partial charge in [0.15, 0.2) is 0 Å². The van der Waals surface area contributed by atoms with Gasteiger partial charge in [0, 0.05) is 35.9 Å². The molecule has 4 heteroatoms. The van der Waals surface area contributed by atoms with E-state index in [2.05, 4.69) is 46.1 Å². The number of nitrogens with one attached hydrogen (secondary N) is 1. The molecule has 1 aromatic rings. The maximum atomic E-state index is 4.71. The number of pyridine rings is 1. The van der Waals surface area contributed by atoms with Crippen LogP contribution in [-0.4, -0.2) is 24.6 Å². The topological polar surface area (TPSA) is 28.2 Å². The summed E-state index contributed by atoms with van der Waals surface area (Å²) >= 11 is 3.56. The van der Waals surface area contributed by atoms with Gasteiger partial charge in [-0.25, -0.2) is 4.98 Å². The van der Waals surface area contributed by atoms with Crippen LogP contribution < -0.4 is 10.2 Å². The van der Waals surface area contributed by atoms with E-state index in [1.54, 1.807) is 0 Å². The summed E-state index contributed by atoms with van der Waals surface area (Å²) in [5.41, 5.74) is 1.31. The van der Waals surface area contributed by atoms with Gasteiger partial charge in [0.25, 0.3) is 0 Å². The molecule has 1 N–H and O–H groups in total. The van der Waals surface area contributed by atoms with Crippen molar-refractivity contribution in [2.24, 2.45) is 5.92 Å². The van der Waals surface area contributed by atoms with E-state index in [1.165, 1.54) is 43.5 Å². The molecule has 2 rings (SSSR count). The minimum atomic E-state index is 0.676. The predicted molar refractivity (Wildman–Crippen MR) is 93.8 cm³/mol. The van der Waals surface area contributed by atoms with Crippen molar-refractivity contribution in [2.75, 3.05) is 24.5 Å². The van der Waals surface area contributed by atoms with Crippen molar-refractivity contribution >= 4 is 21.7 Å². The van der Waals surface area contributed by atoms with Gasteiger partial charge in [-0.3, -0.25) is 0 Å². The van der Waals surface area contributed by atoms with Crippen LogP contribution in [0.4, 0.5) is 5.82 Å². The van der Waals surface area contributed by atoms with Gasteiger partial charge in [0.1, 0.15) is 5.82 Å². The summed E-state index contributed by atoms with van der Waals surface area (Å²) in [4.78, 5) is 7.20. The molecule has 0 aromatic carbocycles. The van der Waals surface area contributed by atoms with Gasteiger partial charge in [-0.15, -0.1) is 0 Å². The Bertz CT molecular complexity index is 426. The van der Waals surface area contributed by atoms with E-state index < -0.39 is 0 Å². The van der Waals surface area contributed by atoms with Gasteiger partial charge in [-0.1, -0.05) is 33.1 Å². The molecule has 0 radical (unpaired) electrons. The molecule has 1 aliphatic rings. The summed E-state index contributed by atoms with van der Waals surface area (Å²) in [6.45, 7) is 8.72. The van der Waals surface area contributed by atoms with Crippen LogP contribution >= 0.6 is 15.9 Å². The maximum absolute atomic E-state index is 4.71. The lowest BCUT2D eigenvalue weighted by Gasteiger charge is -2.28. The largest absolute Gasteiger partial charge is 0.356 e. The third-order valence-corrected chi connectivity index (χ3v) is 4.37. The van der Waals surface area contributed by atoms with E-state index in [9.17, 15) is 0 Å². The molecule has 1 fully saturated rings. The zero-order valence-electron chi connectivity index (χ0n) is 13.4. The van der Waals surface area contributed by atoms with Crippen LogP contribution in [0.2, 0.25) is 0 Å². The lowest BCUT2D eigenvalue weighted by atomic mass is 10.1. The highest BCUT2D eigenvalue weighted by Gasteiger charge is 2.14. The van der Waals surface area contributed by atoms with Crippen LogP contribution in [-0.2, 0) is 6.54 Å². The Morgan fingerprint density at radius 3 is 2.52 bits per heavy atom. The fraction of sp³-hybridized carbons (Fsp3) is 0.706. The second-order valence-electron chi connectivity index (χ2n) is 6.42. The van der Waals surface area contributed by atoms with Crippen LogP contribution in [0.5, 0.6) is 0 Å². The third kappa shape index (κ3) is 5.59. The zero-order valence-corrected chi connectivity index (χ0v) is 15.0. The van der Waals surface area contributed by atoms with Gasteiger partial charge in [-0.2, -0.15) is 0 Å². The standard InChI is InChI=1S/C17H28BrN3/c1-14(2)11-19-12-15-10-16(18)13-20-17(15)21-8-6-4-3-5-7-9-21/h10,13-14,19H,3-9,11-12H2,1-2H3. The van der Waals surface area contributed by atoms with E-state index in [-0.39, 0.29) is 0 Å². The molecule has 1 aromatic heterocycles. The first-order chi connectivity index (χ1) is 10.2. The third-order valence-electron chi connectivity index (χ3n) is 3.93. The fourth-order valence-electron chi connectivity index (χ4n) is 2.84. The summed E-state index contributed by atoms with van der Waals surface area (Å²) < 4.78 is 1.07. The Hall–Kier alpha value is -0.610. The summed E-state index contributed by atoms with van der Waals surface area (Å²) in [6, 6.07) is 2.22. The number of anilines is 1. The van der Waals surface area contributed by atoms with Gasteiger partial charge in [-0.05, 0) is 47.3 Å². The molecule has 0 saturated carbocycles. The molecule has 118 valence electrons. The van der Waals surface area contributed by atoms with Gasteiger partial charge < -0.3 is 10.2 Å². The number of rotatable bonds is 5. The van der Waals surface area contributed by atoms with Gasteiger partial charge in [0.2, 0.25) is 0 Å². The minimum Gasteiger partial charge on any atom is -0.356 e. The average molecular weight is 354 g/mol. The first kappa shape index (κ1) is 16.8. The molecule has 0 aliphatic carbocycles. The molecular weight excluding hydrogens is 326 g/mol. The van der Waals surface area contributed by atoms with E-state index >= 15 is 0 Å². The fourth-order valence-corrected chi connectivity index (χ4v) is 3.22. The highest BCUT2D eigenvalue weighted by atomic mass is 79.9. The second kappa shape index (κ2) is 8.74. The summed E-state index contributed by atoms with van der Waals surface area (Å²) in [7, 11) is 0. The Morgan fingerprint density at radius 2 is 1.86 bits per heavy atom. The van der Waals surface area contributed by atoms with Crippen LogP contribution in [0.25, 0.3) is 0 Å². The number of nitrogens with zero attached hydrogens (tertiary/aromatic N) is 2. The van der Waals surface area contributed by atoms with Crippen LogP contribution in [0.15, 0.2) is 16.7 Å². The quantitative estimate of drug-likeness (QED) is 0.852. The number of hydrogen-bond acceptors (Lipinski definition) is 3. The van der Waals surface area contributed by atoms with Crippen LogP contribution in [0, 0.1) is 5.92 Å². The number of halogens is 1. The van der Waals surface area contributed by atoms with Crippen molar-refractivity contribution in [3.63, 3.8) is 0 Å². The molecule has 2 heterocycles. The van der Waals surface area contributed by atoms with Gasteiger partial charge in [0.05, 0.1) is 0 Å². The highest BCUT2D eigenvalue weighted by Crippen LogP contribution is 2.24. The molecule has 1 aliphatic heterocycles. The lowest BCUT2D eigenvalue weighted by molar-refractivity contribution is 0.541. The Kier molecular flexibility index (Phi) is 6.97. The minimum absolute atomic E-state index is 0.676. The van der Waals surface area contributed by atoms with E-state index in [0.717, 1.165) is 30.7 Å². The molecule has 0 spiro atoms. The van der Waals surface area contributed by atoms with Crippen molar-refractivity contribution in [3.05, 3.63) is 22.3 Å². The van der Waals surface area contributed by atoms with Crippen molar-refractivity contribution in [2.45, 2.75) is 52.5 Å². The van der Waals surface area contributed by atoms with Crippen LogP contribution in [0.3, 0.4) is 0 Å². The zero-order chi connectivity index (χ0) is 15.1. The van der Waals surface area contributed by atoms with Crippen molar-refractivity contribution in [1.82, 2.24) is 10.3 Å². The predicted octanol–water partition coefficient (Wildman–Crippen LogP) is 4.36. The van der Waals surface area contributed by atoms with Crippen LogP contribution in [0.1, 0.15) is 51.5 Å². The smallest absolute Gasteiger partial charge is 0.133 e. The van der Waals surface area contributed by atoms with E-state index in [1.807, 2.05) is 6.20 Å². The Morgan fingerprint density at radius 1 is 1.19 bits per heavy atom. The Labute approximate surface area is 137 Å². The molecule has 0 unspecified atom stereocenters. The number of hydrogen-bond donors (Lipinski definition) is 1. The maximum Gasteiger partial charge on any atom is 0.133 e. The second-order valence-corrected chi connectivity index (χ2v) is 7.33. The molecular formula is C17H28BrN3. The SMILES string of the molecule is CC(C)CNCc1cc(Br)cnc1N1CCCCCCC1. The average Bonchev–Trinajstić information content (AvgIpc) is 2.39. The summed E-state index contributed by atoms with van der Waals surface area (Å²) in [6.07, 6.45) is 8.61. The molecule has 1 saturated heterocycles. The van der Waals surface area contributed by atoms with Crippen molar-refractivity contribution < 1.29 is 0 Å². The summed E-state index contributed by atoms with van der Waals surface area (Å²) in [5.74, 6) is 1.85. The summed E-state index contributed by atoms with van der Waals surface area (Å²) in [5, 5.41) is 3.55. The van der Waals surface area contributed by atoms with Gasteiger partial charge >= 0.3 is 0 Å². The first-order valence-corrected chi connectivity index (χ1v) is 9.06. The molecule has 0 bridgehead atoms. The normalized spacial score (nSPS) is 16.9. The molecule has 0 atom stereocenters. The Balaban J connectivity index is 2.08. The van der Waals surface area contributed by atoms with Crippen molar-refractivity contribution in [1.29, 1.82) is 0 Å². The molecule has 21 heavy (non-hydrogen) atoms. The monoisotopic (exact) mass is 353 g/mol. The lowest BCUT2D eigenvalue weighted by Crippen LogP contribution is -2.30. The highest BCUT2D eigenvalue weighted by molar-refractivity contribution is 9.10. The van der Waals surface area contributed by atoms with E-state index in [0.29, 0.717) is 5.92 Å². The first-order valence-electron chi connectivity index (χ1n) is 8.27.